The summed E-state index contributed by atoms with van der Waals surface area (Å²) in [5, 5.41) is 10.9. The van der Waals surface area contributed by atoms with Crippen molar-refractivity contribution in [2.45, 2.75) is 12.5 Å². The van der Waals surface area contributed by atoms with E-state index in [9.17, 15) is 9.90 Å². The quantitative estimate of drug-likeness (QED) is 0.826. The first-order valence-electron chi connectivity index (χ1n) is 8.82. The Balaban J connectivity index is 1.37. The van der Waals surface area contributed by atoms with Gasteiger partial charge in [0.2, 0.25) is 13.6 Å². The highest BCUT2D eigenvalue weighted by atomic mass is 16.7. The van der Waals surface area contributed by atoms with E-state index in [-0.39, 0.29) is 32.1 Å². The number of rotatable bonds is 4. The molecule has 7 nitrogen and oxygen atoms in total. The molecular weight excluding hydrogens is 352 g/mol. The number of cyclic esters (lactones) is 1. The van der Waals surface area contributed by atoms with E-state index >= 15 is 0 Å². The first kappa shape index (κ1) is 16.3. The van der Waals surface area contributed by atoms with Gasteiger partial charge in [0, 0.05) is 5.92 Å². The summed E-state index contributed by atoms with van der Waals surface area (Å²) in [4.78, 5) is 12.3. The molecule has 1 N–H and O–H groups in total. The van der Waals surface area contributed by atoms with Crippen molar-refractivity contribution < 1.29 is 33.6 Å². The van der Waals surface area contributed by atoms with E-state index in [1.54, 1.807) is 18.2 Å². The van der Waals surface area contributed by atoms with Gasteiger partial charge in [-0.1, -0.05) is 12.1 Å². The molecule has 0 unspecified atom stereocenters. The maximum atomic E-state index is 12.3. The number of aliphatic hydroxyl groups excluding tert-OH is 1. The minimum atomic E-state index is -0.843. The molecule has 0 radical (unpaired) electrons. The van der Waals surface area contributed by atoms with Crippen LogP contribution in [-0.2, 0) is 16.0 Å². The van der Waals surface area contributed by atoms with Gasteiger partial charge in [0.1, 0.15) is 0 Å². The van der Waals surface area contributed by atoms with Gasteiger partial charge in [-0.15, -0.1) is 0 Å². The van der Waals surface area contributed by atoms with Crippen LogP contribution >= 0.6 is 0 Å². The molecule has 7 heteroatoms. The number of esters is 1. The van der Waals surface area contributed by atoms with E-state index < -0.39 is 12.0 Å². The van der Waals surface area contributed by atoms with Crippen LogP contribution in [0.2, 0.25) is 0 Å². The van der Waals surface area contributed by atoms with Crippen molar-refractivity contribution in [1.82, 2.24) is 0 Å². The van der Waals surface area contributed by atoms with Crippen molar-refractivity contribution in [3.8, 4) is 23.0 Å². The van der Waals surface area contributed by atoms with Gasteiger partial charge in [-0.3, -0.25) is 4.79 Å². The Morgan fingerprint density at radius 1 is 0.889 bits per heavy atom. The number of benzene rings is 2. The van der Waals surface area contributed by atoms with Gasteiger partial charge in [-0.2, -0.15) is 0 Å². The van der Waals surface area contributed by atoms with Crippen LogP contribution in [0.15, 0.2) is 36.4 Å². The third kappa shape index (κ3) is 2.84. The zero-order valence-corrected chi connectivity index (χ0v) is 14.4. The molecule has 0 aromatic heterocycles. The normalized spacial score (nSPS) is 23.4. The van der Waals surface area contributed by atoms with Crippen LogP contribution in [0.5, 0.6) is 23.0 Å². The molecule has 5 rings (SSSR count). The maximum Gasteiger partial charge on any atom is 0.309 e. The molecule has 0 saturated carbocycles. The van der Waals surface area contributed by atoms with Crippen LogP contribution in [0.3, 0.4) is 0 Å². The molecule has 3 atom stereocenters. The van der Waals surface area contributed by atoms with Crippen LogP contribution in [0.4, 0.5) is 0 Å². The molecule has 0 bridgehead atoms. The highest BCUT2D eigenvalue weighted by molar-refractivity contribution is 5.75. The van der Waals surface area contributed by atoms with Gasteiger partial charge >= 0.3 is 5.97 Å². The molecular formula is C20H18O7. The van der Waals surface area contributed by atoms with Crippen molar-refractivity contribution in [2.24, 2.45) is 11.8 Å². The average molecular weight is 370 g/mol. The van der Waals surface area contributed by atoms with Crippen LogP contribution < -0.4 is 18.9 Å². The molecule has 0 spiro atoms. The lowest BCUT2D eigenvalue weighted by atomic mass is 9.83. The predicted octanol–water partition coefficient (Wildman–Crippen LogP) is 2.21. The molecule has 3 aliphatic heterocycles. The average Bonchev–Trinajstić information content (AvgIpc) is 3.41. The standard InChI is InChI=1S/C20H18O7/c21-19(12-2-4-16-18(7-12)27-10-25-16)14-8-23-20(22)13(14)5-11-1-3-15-17(6-11)26-9-24-15/h1-4,6-7,13-14,19,21H,5,8-10H2/t13-,14+,19-/m1/s1. The van der Waals surface area contributed by atoms with Gasteiger partial charge in [0.25, 0.3) is 0 Å². The summed E-state index contributed by atoms with van der Waals surface area (Å²) in [6.45, 7) is 0.562. The van der Waals surface area contributed by atoms with Gasteiger partial charge in [-0.05, 0) is 41.8 Å². The molecule has 3 aliphatic rings. The fraction of sp³-hybridized carbons (Fsp3) is 0.350. The van der Waals surface area contributed by atoms with Crippen molar-refractivity contribution in [3.05, 3.63) is 47.5 Å². The van der Waals surface area contributed by atoms with Crippen molar-refractivity contribution in [2.75, 3.05) is 20.2 Å². The third-order valence-corrected chi connectivity index (χ3v) is 5.27. The number of carbonyl (C=O) groups is 1. The second kappa shape index (κ2) is 6.35. The first-order valence-corrected chi connectivity index (χ1v) is 8.82. The van der Waals surface area contributed by atoms with Crippen LogP contribution in [-0.4, -0.2) is 31.3 Å². The number of hydrogen-bond acceptors (Lipinski definition) is 7. The molecule has 1 fully saturated rings. The van der Waals surface area contributed by atoms with E-state index in [0.29, 0.717) is 35.0 Å². The number of fused-ring (bicyclic) bond motifs is 2. The summed E-state index contributed by atoms with van der Waals surface area (Å²) >= 11 is 0. The fourth-order valence-electron chi connectivity index (χ4n) is 3.79. The topological polar surface area (TPSA) is 83.5 Å². The van der Waals surface area contributed by atoms with E-state index in [4.69, 9.17) is 23.7 Å². The molecule has 0 aliphatic carbocycles. The summed E-state index contributed by atoms with van der Waals surface area (Å²) in [5.74, 6) is 1.55. The smallest absolute Gasteiger partial charge is 0.309 e. The van der Waals surface area contributed by atoms with Gasteiger partial charge in [0.05, 0.1) is 18.6 Å². The summed E-state index contributed by atoms with van der Waals surface area (Å²) in [6.07, 6.45) is -0.383. The van der Waals surface area contributed by atoms with E-state index in [1.165, 1.54) is 0 Å². The lowest BCUT2D eigenvalue weighted by molar-refractivity contribution is -0.141. The lowest BCUT2D eigenvalue weighted by Crippen LogP contribution is -2.24. The van der Waals surface area contributed by atoms with Crippen LogP contribution in [0, 0.1) is 11.8 Å². The summed E-state index contributed by atoms with van der Waals surface area (Å²) < 4.78 is 26.7. The monoisotopic (exact) mass is 370 g/mol. The molecule has 2 aromatic rings. The van der Waals surface area contributed by atoms with Crippen molar-refractivity contribution in [1.29, 1.82) is 0 Å². The number of aliphatic hydroxyl groups is 1. The Kier molecular flexibility index (Phi) is 3.82. The summed E-state index contributed by atoms with van der Waals surface area (Å²) in [7, 11) is 0. The largest absolute Gasteiger partial charge is 0.465 e. The molecule has 1 saturated heterocycles. The third-order valence-electron chi connectivity index (χ3n) is 5.27. The molecule has 27 heavy (non-hydrogen) atoms. The Morgan fingerprint density at radius 2 is 1.56 bits per heavy atom. The number of hydrogen-bond donors (Lipinski definition) is 1. The molecule has 140 valence electrons. The zero-order chi connectivity index (χ0) is 18.4. The van der Waals surface area contributed by atoms with Gasteiger partial charge < -0.3 is 28.8 Å². The Labute approximate surface area is 155 Å². The van der Waals surface area contributed by atoms with Crippen LogP contribution in [0.25, 0.3) is 0 Å². The predicted molar refractivity (Wildman–Crippen MR) is 91.7 cm³/mol. The molecule has 3 heterocycles. The summed E-state index contributed by atoms with van der Waals surface area (Å²) in [5.41, 5.74) is 1.62. The SMILES string of the molecule is O=C1OC[C@H]([C@H](O)c2ccc3c(c2)OCO3)[C@H]1Cc1ccc2c(c1)OCO2. The van der Waals surface area contributed by atoms with Crippen LogP contribution in [0.1, 0.15) is 17.2 Å². The second-order valence-electron chi connectivity index (χ2n) is 6.85. The summed E-state index contributed by atoms with van der Waals surface area (Å²) in [6, 6.07) is 10.9. The Morgan fingerprint density at radius 3 is 2.33 bits per heavy atom. The molecule has 2 aromatic carbocycles. The molecule has 0 amide bonds. The maximum absolute atomic E-state index is 12.3. The fourth-order valence-corrected chi connectivity index (χ4v) is 3.79. The highest BCUT2D eigenvalue weighted by Gasteiger charge is 2.42. The van der Waals surface area contributed by atoms with E-state index in [2.05, 4.69) is 0 Å². The van der Waals surface area contributed by atoms with Gasteiger partial charge in [0.15, 0.2) is 23.0 Å². The number of ether oxygens (including phenoxy) is 5. The minimum absolute atomic E-state index is 0.173. The minimum Gasteiger partial charge on any atom is -0.465 e. The van der Waals surface area contributed by atoms with Gasteiger partial charge in [-0.25, -0.2) is 0 Å². The van der Waals surface area contributed by atoms with E-state index in [0.717, 1.165) is 5.56 Å². The first-order chi connectivity index (χ1) is 13.2. The Hall–Kier alpha value is -2.93. The Bertz CT molecular complexity index is 894. The number of carbonyl (C=O) groups excluding carboxylic acids is 1. The zero-order valence-electron chi connectivity index (χ0n) is 14.4. The van der Waals surface area contributed by atoms with Crippen molar-refractivity contribution in [3.63, 3.8) is 0 Å². The highest BCUT2D eigenvalue weighted by Crippen LogP contribution is 2.41. The van der Waals surface area contributed by atoms with E-state index in [1.807, 2.05) is 18.2 Å². The second-order valence-corrected chi connectivity index (χ2v) is 6.85. The van der Waals surface area contributed by atoms with Crippen molar-refractivity contribution >= 4 is 5.97 Å². The lowest BCUT2D eigenvalue weighted by Gasteiger charge is -2.22.